The van der Waals surface area contributed by atoms with Gasteiger partial charge >= 0.3 is 0 Å². The minimum absolute atomic E-state index is 0.0608. The van der Waals surface area contributed by atoms with Crippen molar-refractivity contribution in [3.8, 4) is 0 Å². The molecule has 4 aliphatic rings. The van der Waals surface area contributed by atoms with Gasteiger partial charge in [-0.3, -0.25) is 0 Å². The van der Waals surface area contributed by atoms with E-state index in [9.17, 15) is 35.7 Å². The van der Waals surface area contributed by atoms with Gasteiger partial charge < -0.3 is 35.7 Å². The summed E-state index contributed by atoms with van der Waals surface area (Å²) in [6.07, 6.45) is -3.19. The average molecular weight is 386 g/mol. The molecule has 4 aliphatic carbocycles. The van der Waals surface area contributed by atoms with E-state index in [0.717, 1.165) is 0 Å². The number of rotatable bonds is 0. The smallest absolute Gasteiger partial charge is 0.106 e. The molecule has 27 heavy (non-hydrogen) atoms. The van der Waals surface area contributed by atoms with Crippen molar-refractivity contribution in [2.24, 2.45) is 29.1 Å². The van der Waals surface area contributed by atoms with Crippen molar-refractivity contribution >= 4 is 0 Å². The third kappa shape index (κ3) is 2.11. The van der Waals surface area contributed by atoms with Gasteiger partial charge in [-0.2, -0.15) is 0 Å². The van der Waals surface area contributed by atoms with E-state index >= 15 is 0 Å². The van der Waals surface area contributed by atoms with Crippen LogP contribution in [-0.4, -0.2) is 76.5 Å². The molecule has 11 atom stereocenters. The third-order valence-electron chi connectivity index (χ3n) is 9.08. The lowest BCUT2D eigenvalue weighted by atomic mass is 9.56. The molecule has 0 aliphatic heterocycles. The number of hydrogen-bond acceptors (Lipinski definition) is 7. The maximum absolute atomic E-state index is 11.7. The van der Waals surface area contributed by atoms with E-state index in [4.69, 9.17) is 0 Å². The maximum atomic E-state index is 11.7. The van der Waals surface area contributed by atoms with Gasteiger partial charge in [0, 0.05) is 24.2 Å². The first-order valence-electron chi connectivity index (χ1n) is 10.1. The first-order valence-corrected chi connectivity index (χ1v) is 10.1. The van der Waals surface area contributed by atoms with E-state index in [1.54, 1.807) is 20.8 Å². The molecule has 0 heterocycles. The van der Waals surface area contributed by atoms with Gasteiger partial charge in [-0.1, -0.05) is 13.8 Å². The van der Waals surface area contributed by atoms with Crippen molar-refractivity contribution in [2.75, 3.05) is 0 Å². The van der Waals surface area contributed by atoms with Gasteiger partial charge in [0.1, 0.15) is 5.60 Å². The molecule has 0 aromatic heterocycles. The Kier molecular flexibility index (Phi) is 3.89. The van der Waals surface area contributed by atoms with Crippen LogP contribution in [0.4, 0.5) is 0 Å². The summed E-state index contributed by atoms with van der Waals surface area (Å²) in [6, 6.07) is 0. The maximum Gasteiger partial charge on any atom is 0.106 e. The topological polar surface area (TPSA) is 142 Å². The summed E-state index contributed by atoms with van der Waals surface area (Å²) < 4.78 is 0. The molecule has 0 spiro atoms. The highest BCUT2D eigenvalue weighted by Gasteiger charge is 2.77. The molecule has 7 nitrogen and oxygen atoms in total. The summed E-state index contributed by atoms with van der Waals surface area (Å²) in [6.45, 7) is 6.33. The highest BCUT2D eigenvalue weighted by molar-refractivity contribution is 5.26. The van der Waals surface area contributed by atoms with Gasteiger partial charge in [0.15, 0.2) is 0 Å². The third-order valence-corrected chi connectivity index (χ3v) is 9.08. The molecule has 0 radical (unpaired) electrons. The van der Waals surface area contributed by atoms with Crippen molar-refractivity contribution in [1.29, 1.82) is 0 Å². The first-order chi connectivity index (χ1) is 12.1. The van der Waals surface area contributed by atoms with Crippen molar-refractivity contribution in [3.05, 3.63) is 0 Å². The van der Waals surface area contributed by atoms with E-state index in [1.807, 2.05) is 0 Å². The van der Waals surface area contributed by atoms with Crippen LogP contribution in [-0.2, 0) is 0 Å². The normalized spacial score (nSPS) is 64.8. The van der Waals surface area contributed by atoms with E-state index in [0.29, 0.717) is 12.8 Å². The molecule has 0 saturated heterocycles. The molecule has 4 saturated carbocycles. The minimum Gasteiger partial charge on any atom is -0.390 e. The first kappa shape index (κ1) is 20.0. The standard InChI is InChI=1S/C20H34O7/c1-16(2)15(23)13(22)14-18(4,25)10-6-5-9-12(10)19(26,8-17(9,3)24)7-11(21)20(14,16)27/h9-15,21-27H,5-8H2,1-4H3/t9-,10-,11-,12?,13-,14+,15+,17?,18-,19+,20-/m1/s1. The molecule has 4 rings (SSSR count). The highest BCUT2D eigenvalue weighted by Crippen LogP contribution is 2.67. The largest absolute Gasteiger partial charge is 0.390 e. The SMILES string of the molecule is CC1(O)C[C@@]2(O)C[C@@H](O)[C@@]3(O)[C@@H]([C@@H](O)[C@H](O)C3(C)C)[C@](C)(O)[C@@H]3CC[C@@H]1C32. The van der Waals surface area contributed by atoms with Crippen LogP contribution < -0.4 is 0 Å². The molecule has 0 aromatic carbocycles. The Morgan fingerprint density at radius 2 is 1.37 bits per heavy atom. The van der Waals surface area contributed by atoms with Crippen LogP contribution in [0.15, 0.2) is 0 Å². The molecule has 0 aromatic rings. The van der Waals surface area contributed by atoms with Gasteiger partial charge in [-0.25, -0.2) is 0 Å². The zero-order valence-electron chi connectivity index (χ0n) is 16.5. The Morgan fingerprint density at radius 1 is 0.815 bits per heavy atom. The number of aliphatic hydroxyl groups is 7. The molecule has 7 heteroatoms. The Balaban J connectivity index is 1.92. The predicted molar refractivity (Wildman–Crippen MR) is 95.4 cm³/mol. The summed E-state index contributed by atoms with van der Waals surface area (Å²) in [5.74, 6) is -2.33. The van der Waals surface area contributed by atoms with Crippen LogP contribution in [0.1, 0.15) is 53.4 Å². The molecular formula is C20H34O7. The van der Waals surface area contributed by atoms with E-state index < -0.39 is 63.9 Å². The van der Waals surface area contributed by atoms with Crippen molar-refractivity contribution in [1.82, 2.24) is 0 Å². The lowest BCUT2D eigenvalue weighted by molar-refractivity contribution is -0.253. The highest BCUT2D eigenvalue weighted by atomic mass is 16.4. The molecule has 156 valence electrons. The zero-order chi connectivity index (χ0) is 20.4. The fourth-order valence-electron chi connectivity index (χ4n) is 7.83. The Hall–Kier alpha value is -0.280. The van der Waals surface area contributed by atoms with Gasteiger partial charge in [-0.05, 0) is 44.4 Å². The van der Waals surface area contributed by atoms with Crippen LogP contribution in [0.5, 0.6) is 0 Å². The fourth-order valence-corrected chi connectivity index (χ4v) is 7.83. The lowest BCUT2D eigenvalue weighted by Gasteiger charge is -2.55. The number of aliphatic hydroxyl groups excluding tert-OH is 3. The second kappa shape index (κ2) is 5.25. The lowest BCUT2D eigenvalue weighted by Crippen LogP contribution is -2.67. The monoisotopic (exact) mass is 386 g/mol. The molecule has 7 N–H and O–H groups in total. The van der Waals surface area contributed by atoms with Crippen LogP contribution >= 0.6 is 0 Å². The van der Waals surface area contributed by atoms with Gasteiger partial charge in [0.05, 0.1) is 35.1 Å². The zero-order valence-corrected chi connectivity index (χ0v) is 16.5. The van der Waals surface area contributed by atoms with Crippen molar-refractivity contribution < 1.29 is 35.7 Å². The predicted octanol–water partition coefficient (Wildman–Crippen LogP) is -0.861. The van der Waals surface area contributed by atoms with E-state index in [2.05, 4.69) is 0 Å². The molecule has 0 bridgehead atoms. The quantitative estimate of drug-likeness (QED) is 0.287. The van der Waals surface area contributed by atoms with Crippen molar-refractivity contribution in [3.63, 3.8) is 0 Å². The second-order valence-corrected chi connectivity index (χ2v) is 10.9. The molecule has 2 unspecified atom stereocenters. The fraction of sp³-hybridized carbons (Fsp3) is 1.00. The summed E-state index contributed by atoms with van der Waals surface area (Å²) >= 11 is 0. The van der Waals surface area contributed by atoms with Crippen LogP contribution in [0.25, 0.3) is 0 Å². The summed E-state index contributed by atoms with van der Waals surface area (Å²) in [5.41, 5.74) is -7.50. The molecule has 0 amide bonds. The van der Waals surface area contributed by atoms with Gasteiger partial charge in [0.25, 0.3) is 0 Å². The van der Waals surface area contributed by atoms with Crippen LogP contribution in [0.3, 0.4) is 0 Å². The van der Waals surface area contributed by atoms with Crippen LogP contribution in [0.2, 0.25) is 0 Å². The Bertz CT molecular complexity index is 646. The second-order valence-electron chi connectivity index (χ2n) is 10.9. The number of fused-ring (bicyclic) bond motifs is 1. The summed E-state index contributed by atoms with van der Waals surface area (Å²) in [5, 5.41) is 78.3. The van der Waals surface area contributed by atoms with Crippen molar-refractivity contribution in [2.45, 2.75) is 94.1 Å². The Labute approximate surface area is 159 Å². The minimum atomic E-state index is -2.00. The molecular weight excluding hydrogens is 352 g/mol. The molecule has 4 fully saturated rings. The van der Waals surface area contributed by atoms with E-state index in [1.165, 1.54) is 6.92 Å². The van der Waals surface area contributed by atoms with Gasteiger partial charge in [-0.15, -0.1) is 0 Å². The number of hydrogen-bond donors (Lipinski definition) is 7. The van der Waals surface area contributed by atoms with Crippen LogP contribution in [0, 0.1) is 29.1 Å². The summed E-state index contributed by atoms with van der Waals surface area (Å²) in [4.78, 5) is 0. The summed E-state index contributed by atoms with van der Waals surface area (Å²) in [7, 11) is 0. The van der Waals surface area contributed by atoms with E-state index in [-0.39, 0.29) is 18.8 Å². The average Bonchev–Trinajstić information content (AvgIpc) is 3.09. The Morgan fingerprint density at radius 3 is 1.96 bits per heavy atom. The van der Waals surface area contributed by atoms with Gasteiger partial charge in [0.2, 0.25) is 0 Å².